The molecule has 2 aliphatic rings. The fourth-order valence-electron chi connectivity index (χ4n) is 3.24. The van der Waals surface area contributed by atoms with Gasteiger partial charge in [0.1, 0.15) is 0 Å². The minimum atomic E-state index is -0.0954. The molecule has 1 aromatic rings. The number of amides is 3. The van der Waals surface area contributed by atoms with E-state index in [9.17, 15) is 14.4 Å². The molecular weight excluding hydrogens is 320 g/mol. The van der Waals surface area contributed by atoms with Gasteiger partial charge in [0, 0.05) is 37.8 Å². The lowest BCUT2D eigenvalue weighted by atomic mass is 10.0. The lowest BCUT2D eigenvalue weighted by Gasteiger charge is -2.34. The monoisotopic (exact) mass is 344 g/mol. The van der Waals surface area contributed by atoms with Crippen LogP contribution in [0.25, 0.3) is 0 Å². The van der Waals surface area contributed by atoms with E-state index in [2.05, 4.69) is 15.5 Å². The SMILES string of the molecule is O=C1CN(C(=O)CN2CCC(NC(=O)c3ccccc3)CC2)CCN1. The normalized spacial score (nSPS) is 19.4. The number of piperidine rings is 1. The first kappa shape index (κ1) is 17.4. The molecule has 2 N–H and O–H groups in total. The number of carbonyl (C=O) groups is 3. The van der Waals surface area contributed by atoms with Gasteiger partial charge >= 0.3 is 0 Å². The van der Waals surface area contributed by atoms with Crippen molar-refractivity contribution in [3.05, 3.63) is 35.9 Å². The topological polar surface area (TPSA) is 81.8 Å². The Morgan fingerprint density at radius 3 is 2.52 bits per heavy atom. The molecule has 2 aliphatic heterocycles. The summed E-state index contributed by atoms with van der Waals surface area (Å²) < 4.78 is 0. The molecule has 0 bridgehead atoms. The predicted octanol–water partition coefficient (Wildman–Crippen LogP) is -0.161. The minimum absolute atomic E-state index is 0.00150. The second kappa shape index (κ2) is 8.11. The highest BCUT2D eigenvalue weighted by Gasteiger charge is 2.26. The summed E-state index contributed by atoms with van der Waals surface area (Å²) >= 11 is 0. The number of hydrogen-bond donors (Lipinski definition) is 2. The van der Waals surface area contributed by atoms with Crippen molar-refractivity contribution < 1.29 is 14.4 Å². The Hall–Kier alpha value is -2.41. The second-order valence-corrected chi connectivity index (χ2v) is 6.56. The Morgan fingerprint density at radius 2 is 1.84 bits per heavy atom. The average Bonchev–Trinajstić information content (AvgIpc) is 2.64. The van der Waals surface area contributed by atoms with Gasteiger partial charge in [-0.3, -0.25) is 19.3 Å². The summed E-state index contributed by atoms with van der Waals surface area (Å²) in [5.74, 6) is -0.141. The molecule has 0 atom stereocenters. The number of benzene rings is 1. The fraction of sp³-hybridized carbons (Fsp3) is 0.500. The van der Waals surface area contributed by atoms with Crippen LogP contribution in [0.15, 0.2) is 30.3 Å². The summed E-state index contributed by atoms with van der Waals surface area (Å²) in [4.78, 5) is 39.6. The first-order valence-corrected chi connectivity index (χ1v) is 8.74. The van der Waals surface area contributed by atoms with E-state index in [1.165, 1.54) is 0 Å². The Kier molecular flexibility index (Phi) is 5.65. The zero-order chi connectivity index (χ0) is 17.6. The molecule has 134 valence electrons. The van der Waals surface area contributed by atoms with Crippen molar-refractivity contribution in [1.29, 1.82) is 0 Å². The van der Waals surface area contributed by atoms with Crippen molar-refractivity contribution in [2.24, 2.45) is 0 Å². The lowest BCUT2D eigenvalue weighted by molar-refractivity contribution is -0.139. The van der Waals surface area contributed by atoms with Crippen molar-refractivity contribution in [1.82, 2.24) is 20.4 Å². The van der Waals surface area contributed by atoms with Gasteiger partial charge in [0.2, 0.25) is 11.8 Å². The molecule has 0 unspecified atom stereocenters. The van der Waals surface area contributed by atoms with Gasteiger partial charge in [0.05, 0.1) is 13.1 Å². The van der Waals surface area contributed by atoms with E-state index in [-0.39, 0.29) is 30.3 Å². The minimum Gasteiger partial charge on any atom is -0.353 e. The summed E-state index contributed by atoms with van der Waals surface area (Å²) in [5, 5.41) is 5.79. The molecule has 1 aromatic carbocycles. The number of carbonyl (C=O) groups excluding carboxylic acids is 3. The molecule has 3 amide bonds. The quantitative estimate of drug-likeness (QED) is 0.795. The number of nitrogens with one attached hydrogen (secondary N) is 2. The van der Waals surface area contributed by atoms with Gasteiger partial charge in [-0.1, -0.05) is 18.2 Å². The zero-order valence-electron chi connectivity index (χ0n) is 14.2. The van der Waals surface area contributed by atoms with Gasteiger partial charge in [-0.2, -0.15) is 0 Å². The van der Waals surface area contributed by atoms with Crippen LogP contribution in [-0.2, 0) is 9.59 Å². The van der Waals surface area contributed by atoms with Gasteiger partial charge in [0.25, 0.3) is 5.91 Å². The van der Waals surface area contributed by atoms with Gasteiger partial charge in [0.15, 0.2) is 0 Å². The van der Waals surface area contributed by atoms with Crippen LogP contribution in [0.2, 0.25) is 0 Å². The first-order chi connectivity index (χ1) is 12.1. The third-order valence-electron chi connectivity index (χ3n) is 4.71. The van der Waals surface area contributed by atoms with E-state index in [0.717, 1.165) is 25.9 Å². The third-order valence-corrected chi connectivity index (χ3v) is 4.71. The van der Waals surface area contributed by atoms with Crippen molar-refractivity contribution in [3.63, 3.8) is 0 Å². The molecule has 7 heteroatoms. The molecular formula is C18H24N4O3. The van der Waals surface area contributed by atoms with E-state index in [4.69, 9.17) is 0 Å². The van der Waals surface area contributed by atoms with Crippen molar-refractivity contribution in [2.75, 3.05) is 39.3 Å². The summed E-state index contributed by atoms with van der Waals surface area (Å²) in [6, 6.07) is 9.34. The highest BCUT2D eigenvalue weighted by atomic mass is 16.2. The molecule has 0 spiro atoms. The van der Waals surface area contributed by atoms with Crippen LogP contribution >= 0.6 is 0 Å². The first-order valence-electron chi connectivity index (χ1n) is 8.74. The van der Waals surface area contributed by atoms with E-state index in [0.29, 0.717) is 25.2 Å². The summed E-state index contributed by atoms with van der Waals surface area (Å²) in [7, 11) is 0. The lowest BCUT2D eigenvalue weighted by Crippen LogP contribution is -2.53. The summed E-state index contributed by atoms with van der Waals surface area (Å²) in [6.45, 7) is 3.14. The van der Waals surface area contributed by atoms with E-state index in [1.54, 1.807) is 17.0 Å². The van der Waals surface area contributed by atoms with Gasteiger partial charge in [-0.25, -0.2) is 0 Å². The molecule has 2 saturated heterocycles. The Bertz CT molecular complexity index is 626. The number of piperazine rings is 1. The number of likely N-dealkylation sites (tertiary alicyclic amines) is 1. The zero-order valence-corrected chi connectivity index (χ0v) is 14.2. The fourth-order valence-corrected chi connectivity index (χ4v) is 3.24. The third kappa shape index (κ3) is 4.79. The van der Waals surface area contributed by atoms with Gasteiger partial charge in [-0.15, -0.1) is 0 Å². The number of nitrogens with zero attached hydrogens (tertiary/aromatic N) is 2. The molecule has 0 radical (unpaired) electrons. The Morgan fingerprint density at radius 1 is 1.12 bits per heavy atom. The van der Waals surface area contributed by atoms with E-state index in [1.807, 2.05) is 18.2 Å². The predicted molar refractivity (Wildman–Crippen MR) is 93.0 cm³/mol. The number of hydrogen-bond acceptors (Lipinski definition) is 4. The van der Waals surface area contributed by atoms with Crippen LogP contribution in [0, 0.1) is 0 Å². The molecule has 2 fully saturated rings. The van der Waals surface area contributed by atoms with Crippen molar-refractivity contribution in [3.8, 4) is 0 Å². The average molecular weight is 344 g/mol. The highest BCUT2D eigenvalue weighted by Crippen LogP contribution is 2.12. The van der Waals surface area contributed by atoms with Crippen LogP contribution < -0.4 is 10.6 Å². The van der Waals surface area contributed by atoms with Gasteiger partial charge in [-0.05, 0) is 25.0 Å². The molecule has 0 aliphatic carbocycles. The summed E-state index contributed by atoms with van der Waals surface area (Å²) in [5.41, 5.74) is 0.670. The molecule has 0 aromatic heterocycles. The second-order valence-electron chi connectivity index (χ2n) is 6.56. The maximum Gasteiger partial charge on any atom is 0.251 e. The van der Waals surface area contributed by atoms with Crippen LogP contribution in [0.3, 0.4) is 0 Å². The van der Waals surface area contributed by atoms with Crippen LogP contribution in [-0.4, -0.2) is 72.8 Å². The number of rotatable bonds is 4. The molecule has 7 nitrogen and oxygen atoms in total. The Labute approximate surface area is 147 Å². The largest absolute Gasteiger partial charge is 0.353 e. The maximum atomic E-state index is 12.3. The van der Waals surface area contributed by atoms with Gasteiger partial charge < -0.3 is 15.5 Å². The Balaban J connectivity index is 1.42. The molecule has 3 rings (SSSR count). The summed E-state index contributed by atoms with van der Waals surface area (Å²) in [6.07, 6.45) is 1.65. The molecule has 0 saturated carbocycles. The standard InChI is InChI=1S/C18H24N4O3/c23-16-12-22(11-8-19-16)17(24)13-21-9-6-15(7-10-21)20-18(25)14-4-2-1-3-5-14/h1-5,15H,6-13H2,(H,19,23)(H,20,25). The van der Waals surface area contributed by atoms with Crippen LogP contribution in [0.4, 0.5) is 0 Å². The molecule has 25 heavy (non-hydrogen) atoms. The molecule has 2 heterocycles. The maximum absolute atomic E-state index is 12.3. The van der Waals surface area contributed by atoms with Crippen molar-refractivity contribution >= 4 is 17.7 Å². The van der Waals surface area contributed by atoms with E-state index >= 15 is 0 Å². The van der Waals surface area contributed by atoms with Crippen molar-refractivity contribution in [2.45, 2.75) is 18.9 Å². The van der Waals surface area contributed by atoms with Crippen LogP contribution in [0.1, 0.15) is 23.2 Å². The van der Waals surface area contributed by atoms with E-state index < -0.39 is 0 Å². The highest BCUT2D eigenvalue weighted by molar-refractivity contribution is 5.94. The van der Waals surface area contributed by atoms with Crippen LogP contribution in [0.5, 0.6) is 0 Å². The smallest absolute Gasteiger partial charge is 0.251 e.